The Bertz CT molecular complexity index is 997. The van der Waals surface area contributed by atoms with Crippen LogP contribution in [0.1, 0.15) is 40.9 Å². The second-order valence-corrected chi connectivity index (χ2v) is 6.28. The van der Waals surface area contributed by atoms with Crippen LogP contribution in [0.5, 0.6) is 5.75 Å². The summed E-state index contributed by atoms with van der Waals surface area (Å²) >= 11 is 0. The monoisotopic (exact) mass is 390 g/mol. The van der Waals surface area contributed by atoms with Crippen molar-refractivity contribution in [1.29, 1.82) is 0 Å². The number of carbonyl (C=O) groups excluding carboxylic acids is 1. The molecule has 0 unspecified atom stereocenters. The molecule has 0 bridgehead atoms. The van der Waals surface area contributed by atoms with E-state index in [0.717, 1.165) is 24.2 Å². The molecule has 3 aromatic rings. The number of rotatable bonds is 7. The molecule has 0 aliphatic carbocycles. The van der Waals surface area contributed by atoms with Crippen LogP contribution in [0.4, 0.5) is 14.6 Å². The Balaban J connectivity index is 1.77. The molecule has 0 radical (unpaired) electrons. The Kier molecular flexibility index (Phi) is 5.72. The normalized spacial score (nSPS) is 10.9. The molecular formula is C19H20F2N4O3. The maximum absolute atomic E-state index is 13.8. The quantitative estimate of drug-likeness (QED) is 0.659. The molecule has 2 heterocycles. The zero-order chi connectivity index (χ0) is 20.3. The van der Waals surface area contributed by atoms with Crippen LogP contribution in [0, 0.1) is 25.5 Å². The predicted octanol–water partition coefficient (Wildman–Crippen LogP) is 4.01. The smallest absolute Gasteiger partial charge is 0.279 e. The summed E-state index contributed by atoms with van der Waals surface area (Å²) in [6.07, 6.45) is 0.857. The third-order valence-electron chi connectivity index (χ3n) is 4.04. The van der Waals surface area contributed by atoms with Gasteiger partial charge in [-0.1, -0.05) is 12.1 Å². The van der Waals surface area contributed by atoms with Crippen LogP contribution in [0.3, 0.4) is 0 Å². The lowest BCUT2D eigenvalue weighted by atomic mass is 10.2. The van der Waals surface area contributed by atoms with Crippen LogP contribution < -0.4 is 10.1 Å². The van der Waals surface area contributed by atoms with Gasteiger partial charge in [-0.05, 0) is 32.4 Å². The lowest BCUT2D eigenvalue weighted by Gasteiger charge is -2.09. The third kappa shape index (κ3) is 4.19. The lowest BCUT2D eigenvalue weighted by Crippen LogP contribution is -2.18. The molecular weight excluding hydrogens is 370 g/mol. The third-order valence-corrected chi connectivity index (χ3v) is 4.04. The van der Waals surface area contributed by atoms with Gasteiger partial charge in [-0.2, -0.15) is 5.10 Å². The highest BCUT2D eigenvalue weighted by Crippen LogP contribution is 2.22. The number of anilines is 1. The Morgan fingerprint density at radius 3 is 2.79 bits per heavy atom. The van der Waals surface area contributed by atoms with Gasteiger partial charge < -0.3 is 14.6 Å². The standard InChI is InChI=1S/C19H20F2N4O3/c1-4-7-25-17(8-11(2)23-25)22-19(26)18-14(12(3)28-24-18)10-27-16-6-5-13(20)9-15(16)21/h5-6,8-9H,4,7,10H2,1-3H3,(H,22,26). The molecule has 0 spiro atoms. The fraction of sp³-hybridized carbons (Fsp3) is 0.316. The van der Waals surface area contributed by atoms with Crippen molar-refractivity contribution in [1.82, 2.24) is 14.9 Å². The molecule has 0 atom stereocenters. The van der Waals surface area contributed by atoms with Crippen molar-refractivity contribution in [3.05, 3.63) is 58.6 Å². The van der Waals surface area contributed by atoms with E-state index in [9.17, 15) is 13.6 Å². The first-order valence-electron chi connectivity index (χ1n) is 8.77. The molecule has 1 aromatic carbocycles. The number of benzene rings is 1. The minimum Gasteiger partial charge on any atom is -0.486 e. The molecule has 0 aliphatic rings. The summed E-state index contributed by atoms with van der Waals surface area (Å²) in [5, 5.41) is 10.9. The fourth-order valence-electron chi connectivity index (χ4n) is 2.69. The Morgan fingerprint density at radius 2 is 2.07 bits per heavy atom. The van der Waals surface area contributed by atoms with E-state index in [2.05, 4.69) is 15.6 Å². The van der Waals surface area contributed by atoms with Gasteiger partial charge in [0.15, 0.2) is 17.3 Å². The zero-order valence-corrected chi connectivity index (χ0v) is 15.8. The van der Waals surface area contributed by atoms with Gasteiger partial charge in [0, 0.05) is 18.7 Å². The van der Waals surface area contributed by atoms with E-state index in [1.54, 1.807) is 17.7 Å². The number of amides is 1. The van der Waals surface area contributed by atoms with Crippen LogP contribution in [-0.4, -0.2) is 20.8 Å². The average Bonchev–Trinajstić information content (AvgIpc) is 3.17. The number of nitrogens with zero attached hydrogens (tertiary/aromatic N) is 3. The number of hydrogen-bond acceptors (Lipinski definition) is 5. The van der Waals surface area contributed by atoms with E-state index < -0.39 is 17.5 Å². The van der Waals surface area contributed by atoms with Gasteiger partial charge in [-0.15, -0.1) is 0 Å². The summed E-state index contributed by atoms with van der Waals surface area (Å²) in [6, 6.07) is 4.74. The molecule has 0 fully saturated rings. The average molecular weight is 390 g/mol. The van der Waals surface area contributed by atoms with Crippen LogP contribution in [0.2, 0.25) is 0 Å². The molecule has 1 N–H and O–H groups in total. The second-order valence-electron chi connectivity index (χ2n) is 6.28. The molecule has 148 valence electrons. The molecule has 0 saturated heterocycles. The van der Waals surface area contributed by atoms with Crippen molar-refractivity contribution in [2.45, 2.75) is 40.3 Å². The number of aryl methyl sites for hydroxylation is 3. The van der Waals surface area contributed by atoms with Crippen molar-refractivity contribution in [2.24, 2.45) is 0 Å². The molecule has 3 rings (SSSR count). The van der Waals surface area contributed by atoms with E-state index in [-0.39, 0.29) is 18.1 Å². The van der Waals surface area contributed by atoms with Crippen molar-refractivity contribution in [3.63, 3.8) is 0 Å². The first-order chi connectivity index (χ1) is 13.4. The maximum Gasteiger partial charge on any atom is 0.279 e. The number of ether oxygens (including phenoxy) is 1. The van der Waals surface area contributed by atoms with E-state index in [1.165, 1.54) is 6.07 Å². The topological polar surface area (TPSA) is 82.2 Å². The first-order valence-corrected chi connectivity index (χ1v) is 8.77. The molecule has 7 nitrogen and oxygen atoms in total. The van der Waals surface area contributed by atoms with Crippen molar-refractivity contribution in [2.75, 3.05) is 5.32 Å². The Hall–Kier alpha value is -3.23. The molecule has 2 aromatic heterocycles. The minimum absolute atomic E-state index is 0.0296. The van der Waals surface area contributed by atoms with E-state index in [0.29, 0.717) is 23.7 Å². The van der Waals surface area contributed by atoms with Gasteiger partial charge in [0.1, 0.15) is 24.0 Å². The van der Waals surface area contributed by atoms with Gasteiger partial charge >= 0.3 is 0 Å². The fourth-order valence-corrected chi connectivity index (χ4v) is 2.69. The summed E-state index contributed by atoms with van der Waals surface area (Å²) in [7, 11) is 0. The van der Waals surface area contributed by atoms with Crippen LogP contribution in [-0.2, 0) is 13.2 Å². The van der Waals surface area contributed by atoms with Crippen molar-refractivity contribution in [3.8, 4) is 5.75 Å². The molecule has 0 aliphatic heterocycles. The maximum atomic E-state index is 13.8. The van der Waals surface area contributed by atoms with Crippen LogP contribution in [0.15, 0.2) is 28.8 Å². The highest BCUT2D eigenvalue weighted by Gasteiger charge is 2.22. The number of nitrogens with one attached hydrogen (secondary N) is 1. The van der Waals surface area contributed by atoms with Gasteiger partial charge in [0.05, 0.1) is 11.3 Å². The largest absolute Gasteiger partial charge is 0.486 e. The zero-order valence-electron chi connectivity index (χ0n) is 15.8. The molecule has 28 heavy (non-hydrogen) atoms. The molecule has 9 heteroatoms. The molecule has 1 amide bonds. The number of aromatic nitrogens is 3. The Labute approximate surface area is 160 Å². The SMILES string of the molecule is CCCn1nc(C)cc1NC(=O)c1noc(C)c1COc1ccc(F)cc1F. The van der Waals surface area contributed by atoms with Crippen molar-refractivity contribution >= 4 is 11.7 Å². The number of halogens is 2. The second kappa shape index (κ2) is 8.20. The predicted molar refractivity (Wildman–Crippen MR) is 97.1 cm³/mol. The number of carbonyl (C=O) groups is 1. The van der Waals surface area contributed by atoms with E-state index in [1.807, 2.05) is 13.8 Å². The summed E-state index contributed by atoms with van der Waals surface area (Å²) < 4.78 is 39.0. The van der Waals surface area contributed by atoms with Gasteiger partial charge in [-0.3, -0.25) is 4.79 Å². The Morgan fingerprint density at radius 1 is 1.29 bits per heavy atom. The highest BCUT2D eigenvalue weighted by atomic mass is 19.1. The van der Waals surface area contributed by atoms with E-state index >= 15 is 0 Å². The minimum atomic E-state index is -0.834. The summed E-state index contributed by atoms with van der Waals surface area (Å²) in [5.41, 5.74) is 1.18. The summed E-state index contributed by atoms with van der Waals surface area (Å²) in [5.74, 6) is -1.26. The van der Waals surface area contributed by atoms with Crippen LogP contribution in [0.25, 0.3) is 0 Å². The lowest BCUT2D eigenvalue weighted by molar-refractivity contribution is 0.101. The summed E-state index contributed by atoms with van der Waals surface area (Å²) in [4.78, 5) is 12.7. The number of hydrogen-bond donors (Lipinski definition) is 1. The van der Waals surface area contributed by atoms with Gasteiger partial charge in [-0.25, -0.2) is 13.5 Å². The van der Waals surface area contributed by atoms with Gasteiger partial charge in [0.25, 0.3) is 5.91 Å². The van der Waals surface area contributed by atoms with Gasteiger partial charge in [0.2, 0.25) is 0 Å². The molecule has 0 saturated carbocycles. The summed E-state index contributed by atoms with van der Waals surface area (Å²) in [6.45, 7) is 5.95. The highest BCUT2D eigenvalue weighted by molar-refractivity contribution is 6.03. The van der Waals surface area contributed by atoms with Crippen LogP contribution >= 0.6 is 0 Å². The first kappa shape index (κ1) is 19.5. The van der Waals surface area contributed by atoms with Crippen molar-refractivity contribution < 1.29 is 22.8 Å². The van der Waals surface area contributed by atoms with E-state index in [4.69, 9.17) is 9.26 Å².